The molecule has 2 aromatic carbocycles. The molecular formula is C25H27N5O3S. The second-order valence-corrected chi connectivity index (χ2v) is 9.31. The number of ether oxygens (including phenoxy) is 1. The van der Waals surface area contributed by atoms with E-state index in [0.717, 1.165) is 16.0 Å². The predicted octanol–water partition coefficient (Wildman–Crippen LogP) is 4.40. The van der Waals surface area contributed by atoms with Crippen molar-refractivity contribution < 1.29 is 9.53 Å². The first-order chi connectivity index (χ1) is 16.3. The van der Waals surface area contributed by atoms with Crippen LogP contribution in [0.1, 0.15) is 36.7 Å². The Morgan fingerprint density at radius 2 is 1.91 bits per heavy atom. The lowest BCUT2D eigenvalue weighted by molar-refractivity contribution is -0.118. The maximum Gasteiger partial charge on any atom is 0.274 e. The van der Waals surface area contributed by atoms with Gasteiger partial charge in [-0.05, 0) is 69.2 Å². The lowest BCUT2D eigenvalue weighted by atomic mass is 10.1. The highest BCUT2D eigenvalue weighted by Crippen LogP contribution is 2.24. The van der Waals surface area contributed by atoms with E-state index in [1.54, 1.807) is 28.8 Å². The molecule has 0 bridgehead atoms. The summed E-state index contributed by atoms with van der Waals surface area (Å²) in [6, 6.07) is 15.0. The van der Waals surface area contributed by atoms with Crippen molar-refractivity contribution in [3.05, 3.63) is 82.0 Å². The molecule has 0 radical (unpaired) electrons. The van der Waals surface area contributed by atoms with Crippen molar-refractivity contribution in [1.29, 1.82) is 0 Å². The van der Waals surface area contributed by atoms with Crippen molar-refractivity contribution in [3.63, 3.8) is 0 Å². The van der Waals surface area contributed by atoms with E-state index in [9.17, 15) is 9.59 Å². The summed E-state index contributed by atoms with van der Waals surface area (Å²) in [5.41, 5.74) is 3.37. The number of carbonyl (C=O) groups is 1. The Hall–Kier alpha value is -3.59. The molecule has 8 nitrogen and oxygen atoms in total. The summed E-state index contributed by atoms with van der Waals surface area (Å²) in [4.78, 5) is 34.6. The quantitative estimate of drug-likeness (QED) is 0.378. The SMILES string of the molecule is Cc1cccc(OCC(=O)Nc2ccc(SCc3cc(=O)n4c(ncn4C(C)C)n3)cc2)c1C. The molecule has 4 aromatic rings. The lowest BCUT2D eigenvalue weighted by Crippen LogP contribution is -2.22. The molecule has 9 heteroatoms. The third kappa shape index (κ3) is 5.31. The van der Waals surface area contributed by atoms with E-state index < -0.39 is 0 Å². The number of nitrogens with one attached hydrogen (secondary N) is 1. The Morgan fingerprint density at radius 1 is 1.15 bits per heavy atom. The fourth-order valence-corrected chi connectivity index (χ4v) is 4.22. The topological polar surface area (TPSA) is 90.5 Å². The first-order valence-corrected chi connectivity index (χ1v) is 12.0. The number of anilines is 1. The van der Waals surface area contributed by atoms with Gasteiger partial charge in [-0.25, -0.2) is 4.98 Å². The van der Waals surface area contributed by atoms with Crippen molar-refractivity contribution in [2.45, 2.75) is 44.4 Å². The Morgan fingerprint density at radius 3 is 2.65 bits per heavy atom. The van der Waals surface area contributed by atoms with Gasteiger partial charge >= 0.3 is 0 Å². The molecule has 0 aliphatic rings. The van der Waals surface area contributed by atoms with Crippen LogP contribution in [0.5, 0.6) is 5.75 Å². The van der Waals surface area contributed by atoms with Crippen molar-refractivity contribution >= 4 is 29.1 Å². The monoisotopic (exact) mass is 477 g/mol. The summed E-state index contributed by atoms with van der Waals surface area (Å²) in [6.45, 7) is 7.90. The van der Waals surface area contributed by atoms with Crippen LogP contribution in [0.15, 0.2) is 64.5 Å². The van der Waals surface area contributed by atoms with Gasteiger partial charge in [-0.15, -0.1) is 11.8 Å². The minimum Gasteiger partial charge on any atom is -0.483 e. The van der Waals surface area contributed by atoms with Gasteiger partial charge in [-0.2, -0.15) is 9.50 Å². The van der Waals surface area contributed by atoms with Crippen molar-refractivity contribution in [3.8, 4) is 5.75 Å². The number of amides is 1. The number of hydrogen-bond donors (Lipinski definition) is 1. The Labute approximate surface area is 202 Å². The number of aryl methyl sites for hydroxylation is 1. The van der Waals surface area contributed by atoms with Crippen molar-refractivity contribution in [2.75, 3.05) is 11.9 Å². The summed E-state index contributed by atoms with van der Waals surface area (Å²) in [7, 11) is 0. The number of rotatable bonds is 8. The third-order valence-electron chi connectivity index (χ3n) is 5.42. The molecule has 176 valence electrons. The highest BCUT2D eigenvalue weighted by Gasteiger charge is 2.11. The van der Waals surface area contributed by atoms with Gasteiger partial charge in [0.1, 0.15) is 12.1 Å². The smallest absolute Gasteiger partial charge is 0.274 e. The number of fused-ring (bicyclic) bond motifs is 1. The summed E-state index contributed by atoms with van der Waals surface area (Å²) in [5.74, 6) is 1.43. The molecule has 1 N–H and O–H groups in total. The fourth-order valence-electron chi connectivity index (χ4n) is 3.42. The Bertz CT molecular complexity index is 1380. The van der Waals surface area contributed by atoms with E-state index in [1.165, 1.54) is 4.52 Å². The Kier molecular flexibility index (Phi) is 7.02. The van der Waals surface area contributed by atoms with Crippen LogP contribution >= 0.6 is 11.8 Å². The minimum atomic E-state index is -0.222. The molecule has 4 rings (SSSR count). The van der Waals surface area contributed by atoms with E-state index >= 15 is 0 Å². The van der Waals surface area contributed by atoms with Gasteiger partial charge in [0.05, 0.1) is 5.69 Å². The summed E-state index contributed by atoms with van der Waals surface area (Å²) < 4.78 is 8.91. The number of thioether (sulfide) groups is 1. The normalized spacial score (nSPS) is 11.2. The molecule has 0 aliphatic heterocycles. The van der Waals surface area contributed by atoms with E-state index in [-0.39, 0.29) is 24.1 Å². The average molecular weight is 478 g/mol. The second-order valence-electron chi connectivity index (χ2n) is 8.26. The number of aromatic nitrogens is 4. The highest BCUT2D eigenvalue weighted by atomic mass is 32.2. The first-order valence-electron chi connectivity index (χ1n) is 11.0. The van der Waals surface area contributed by atoms with Gasteiger partial charge in [0, 0.05) is 28.4 Å². The van der Waals surface area contributed by atoms with Crippen LogP contribution in [-0.2, 0) is 10.5 Å². The zero-order valence-corrected chi connectivity index (χ0v) is 20.4. The Balaban J connectivity index is 1.33. The average Bonchev–Trinajstić information content (AvgIpc) is 3.25. The van der Waals surface area contributed by atoms with Crippen LogP contribution in [0, 0.1) is 13.8 Å². The van der Waals surface area contributed by atoms with Gasteiger partial charge in [-0.1, -0.05) is 12.1 Å². The lowest BCUT2D eigenvalue weighted by Gasteiger charge is -2.11. The first kappa shape index (κ1) is 23.6. The largest absolute Gasteiger partial charge is 0.483 e. The number of carbonyl (C=O) groups excluding carboxylic acids is 1. The van der Waals surface area contributed by atoms with Gasteiger partial charge in [0.25, 0.3) is 17.2 Å². The van der Waals surface area contributed by atoms with Gasteiger partial charge < -0.3 is 10.1 Å². The minimum absolute atomic E-state index is 0.0585. The predicted molar refractivity (Wildman–Crippen MR) is 134 cm³/mol. The molecule has 0 aliphatic carbocycles. The molecule has 0 fully saturated rings. The molecule has 2 heterocycles. The van der Waals surface area contributed by atoms with Gasteiger partial charge in [-0.3, -0.25) is 14.3 Å². The molecule has 0 saturated carbocycles. The van der Waals surface area contributed by atoms with Crippen LogP contribution in [-0.4, -0.2) is 31.7 Å². The standard InChI is InChI=1S/C25H27N5O3S/c1-16(2)29-15-26-25-28-20(12-24(32)30(25)29)14-34-21-10-8-19(9-11-21)27-23(31)13-33-22-7-5-6-17(3)18(22)4/h5-12,15-16H,13-14H2,1-4H3,(H,27,31). The summed E-state index contributed by atoms with van der Waals surface area (Å²) in [5, 5.41) is 2.85. The van der Waals surface area contributed by atoms with E-state index in [4.69, 9.17) is 4.74 Å². The number of hydrogen-bond acceptors (Lipinski definition) is 6. The molecule has 1 amide bonds. The van der Waals surface area contributed by atoms with E-state index in [2.05, 4.69) is 15.3 Å². The van der Waals surface area contributed by atoms with Crippen molar-refractivity contribution in [2.24, 2.45) is 0 Å². The van der Waals surface area contributed by atoms with Crippen LogP contribution in [0.2, 0.25) is 0 Å². The molecular weight excluding hydrogens is 450 g/mol. The molecule has 2 aromatic heterocycles. The number of nitrogens with zero attached hydrogens (tertiary/aromatic N) is 4. The summed E-state index contributed by atoms with van der Waals surface area (Å²) >= 11 is 1.56. The van der Waals surface area contributed by atoms with Crippen LogP contribution < -0.4 is 15.6 Å². The van der Waals surface area contributed by atoms with E-state index in [1.807, 2.05) is 70.2 Å². The highest BCUT2D eigenvalue weighted by molar-refractivity contribution is 7.98. The third-order valence-corrected chi connectivity index (χ3v) is 6.47. The number of benzene rings is 2. The fraction of sp³-hybridized carbons (Fsp3) is 0.280. The molecule has 0 unspecified atom stereocenters. The molecule has 0 atom stereocenters. The van der Waals surface area contributed by atoms with E-state index in [0.29, 0.717) is 28.7 Å². The molecule has 0 spiro atoms. The van der Waals surface area contributed by atoms with Crippen LogP contribution in [0.3, 0.4) is 0 Å². The maximum atomic E-state index is 12.5. The van der Waals surface area contributed by atoms with Crippen LogP contribution in [0.4, 0.5) is 5.69 Å². The summed E-state index contributed by atoms with van der Waals surface area (Å²) in [6.07, 6.45) is 1.63. The molecule has 0 saturated heterocycles. The maximum absolute atomic E-state index is 12.5. The van der Waals surface area contributed by atoms with Gasteiger partial charge in [0.2, 0.25) is 0 Å². The zero-order valence-electron chi connectivity index (χ0n) is 19.6. The van der Waals surface area contributed by atoms with Crippen molar-refractivity contribution in [1.82, 2.24) is 19.2 Å². The van der Waals surface area contributed by atoms with Gasteiger partial charge in [0.15, 0.2) is 6.61 Å². The van der Waals surface area contributed by atoms with Crippen LogP contribution in [0.25, 0.3) is 5.78 Å². The second kappa shape index (κ2) is 10.1. The zero-order chi connectivity index (χ0) is 24.2. The molecule has 34 heavy (non-hydrogen) atoms.